The summed E-state index contributed by atoms with van der Waals surface area (Å²) in [5.41, 5.74) is 43.7. The van der Waals surface area contributed by atoms with Crippen LogP contribution in [0.1, 0.15) is 222 Å². The number of aliphatic hydroxyl groups is 1. The molecule has 0 aromatic carbocycles. The second kappa shape index (κ2) is 62.9. The van der Waals surface area contributed by atoms with Crippen LogP contribution in [0.25, 0.3) is 0 Å². The number of carboxylic acid groups (broad SMARTS) is 2. The molecule has 59 heteroatoms. The summed E-state index contributed by atoms with van der Waals surface area (Å²) in [7, 11) is 0. The number of carbonyl (C=O) groups excluding carboxylic acids is 25. The first-order valence-electron chi connectivity index (χ1n) is 49.6. The van der Waals surface area contributed by atoms with Crippen LogP contribution in [-0.2, 0) is 129 Å². The smallest absolute Gasteiger partial charge is 0.326 e. The predicted molar refractivity (Wildman–Crippen MR) is 524 cm³/mol. The van der Waals surface area contributed by atoms with Crippen LogP contribution in [0.5, 0.6) is 0 Å². The Hall–Kier alpha value is -15.1. The van der Waals surface area contributed by atoms with E-state index in [1.807, 2.05) is 0 Å². The summed E-state index contributed by atoms with van der Waals surface area (Å²) in [6.45, 7) is 9.75. The number of nitrogens with zero attached hydrogens (tertiary/aromatic N) is 4. The molecule has 0 aliphatic carbocycles. The van der Waals surface area contributed by atoms with Gasteiger partial charge in [-0.3, -0.25) is 130 Å². The summed E-state index contributed by atoms with van der Waals surface area (Å²) in [5.74, 6) is -28.9. The Morgan fingerprint density at radius 2 is 0.627 bits per heavy atom. The second-order valence-corrected chi connectivity index (χ2v) is 38.6. The molecule has 4 aliphatic rings. The quantitative estimate of drug-likeness (QED) is 0.0153. The number of amides is 25. The van der Waals surface area contributed by atoms with Crippen LogP contribution in [-0.4, -0.2) is 362 Å². The van der Waals surface area contributed by atoms with Gasteiger partial charge in [-0.2, -0.15) is 0 Å². The van der Waals surface area contributed by atoms with Crippen molar-refractivity contribution in [2.45, 2.75) is 331 Å². The fourth-order valence-corrected chi connectivity index (χ4v) is 16.9. The van der Waals surface area contributed by atoms with Crippen molar-refractivity contribution in [3.63, 3.8) is 0 Å². The van der Waals surface area contributed by atoms with Gasteiger partial charge in [-0.15, -0.1) is 0 Å². The van der Waals surface area contributed by atoms with Crippen LogP contribution < -0.4 is 131 Å². The zero-order valence-electron chi connectivity index (χ0n) is 85.4. The number of carbonyl (C=O) groups is 27. The molecule has 150 heavy (non-hydrogen) atoms. The van der Waals surface area contributed by atoms with Crippen molar-refractivity contribution in [3.8, 4) is 0 Å². The van der Waals surface area contributed by atoms with Gasteiger partial charge >= 0.3 is 11.9 Å². The number of hydrogen-bond acceptors (Lipinski definition) is 30. The Morgan fingerprint density at radius 1 is 0.313 bits per heavy atom. The molecule has 36 N–H and O–H groups in total. The highest BCUT2D eigenvalue weighted by molar-refractivity contribution is 6.03. The molecule has 4 rings (SSSR count). The Labute approximate surface area is 864 Å². The van der Waals surface area contributed by atoms with Gasteiger partial charge in [0.2, 0.25) is 148 Å². The van der Waals surface area contributed by atoms with Crippen molar-refractivity contribution >= 4 is 166 Å². The SMILES string of the molecule is CC(C)C[C@H](NC(=O)[C@H](C)NC(=O)[C@@H]1CCCN1C(=O)[C@H](CC(=O)O)NC(=O)[C@@H]1CCCN1C(=O)[C@@H]1CCCN1C(=O)[C@H](CO)NC(=O)[C@H](CC(C)C)NC(=O)CNC(=O)CNC(=O)[C@H](C)NC(=O)[C@H](CC(C)C)NC(=O)[C@@H]1CCCN1C(=O)[C@H](CCC(N)=O)NC(=O)[C@H](CCCNC(=N)N)NC(=O)[C@H](CCC(N)=O)NC(=O)[C@H](CCC(N)=O)NC(=O)[C@H](CCC(N)=O)NC(=O)[C@H](CCC(N)=O)NC(=O)[C@@H](N)CCC(N)=O)C(=O)O. The number of nitrogens with one attached hydrogen (secondary N) is 17. The lowest BCUT2D eigenvalue weighted by Crippen LogP contribution is -2.60. The van der Waals surface area contributed by atoms with E-state index in [-0.39, 0.29) is 147 Å². The van der Waals surface area contributed by atoms with Gasteiger partial charge in [0, 0.05) is 71.2 Å². The molecule has 4 heterocycles. The molecule has 0 aromatic rings. The average Bonchev–Trinajstić information content (AvgIpc) is 1.64. The molecular weight excluding hydrogens is 1980 g/mol. The zero-order chi connectivity index (χ0) is 113. The van der Waals surface area contributed by atoms with E-state index in [1.165, 1.54) is 18.7 Å². The van der Waals surface area contributed by atoms with Gasteiger partial charge in [0.05, 0.1) is 32.2 Å². The van der Waals surface area contributed by atoms with Crippen LogP contribution in [0.3, 0.4) is 0 Å². The predicted octanol–water partition coefficient (Wildman–Crippen LogP) is -12.6. The van der Waals surface area contributed by atoms with Crippen molar-refractivity contribution in [2.75, 3.05) is 52.4 Å². The molecule has 0 spiro atoms. The van der Waals surface area contributed by atoms with Crippen LogP contribution >= 0.6 is 0 Å². The number of hydrogen-bond donors (Lipinski definition) is 28. The van der Waals surface area contributed by atoms with Gasteiger partial charge in [-0.05, 0) is 154 Å². The monoisotopic (exact) mass is 2130 g/mol. The van der Waals surface area contributed by atoms with E-state index >= 15 is 0 Å². The molecule has 4 aliphatic heterocycles. The van der Waals surface area contributed by atoms with Crippen molar-refractivity contribution in [1.82, 2.24) is 105 Å². The van der Waals surface area contributed by atoms with E-state index in [0.29, 0.717) is 0 Å². The molecular formula is C91H149N29O30. The first-order valence-corrected chi connectivity index (χ1v) is 49.6. The van der Waals surface area contributed by atoms with E-state index in [9.17, 15) is 145 Å². The summed E-state index contributed by atoms with van der Waals surface area (Å²) >= 11 is 0. The summed E-state index contributed by atoms with van der Waals surface area (Å²) in [6.07, 6.45) is -7.10. The number of likely N-dealkylation sites (tertiary alicyclic amines) is 4. The highest BCUT2D eigenvalue weighted by Gasteiger charge is 2.48. The van der Waals surface area contributed by atoms with Crippen LogP contribution in [0.4, 0.5) is 0 Å². The lowest BCUT2D eigenvalue weighted by atomic mass is 10.0. The van der Waals surface area contributed by atoms with E-state index in [2.05, 4.69) is 85.1 Å². The lowest BCUT2D eigenvalue weighted by molar-refractivity contribution is -0.149. The maximum Gasteiger partial charge on any atom is 0.326 e. The Bertz CT molecular complexity index is 4890. The number of rotatable bonds is 66. The number of primary amides is 6. The maximum atomic E-state index is 14.9. The molecule has 25 amide bonds. The highest BCUT2D eigenvalue weighted by Crippen LogP contribution is 2.29. The van der Waals surface area contributed by atoms with Crippen LogP contribution in [0.15, 0.2) is 0 Å². The maximum absolute atomic E-state index is 14.9. The molecule has 0 bridgehead atoms. The zero-order valence-corrected chi connectivity index (χ0v) is 85.4. The minimum atomic E-state index is -1.90. The number of nitrogens with two attached hydrogens (primary N) is 8. The largest absolute Gasteiger partial charge is 0.481 e. The summed E-state index contributed by atoms with van der Waals surface area (Å²) < 4.78 is 0. The minimum absolute atomic E-state index is 0.0259. The Kier molecular flexibility index (Phi) is 53.3. The molecule has 0 unspecified atom stereocenters. The third-order valence-corrected chi connectivity index (χ3v) is 24.7. The molecule has 18 atom stereocenters. The van der Waals surface area contributed by atoms with Crippen molar-refractivity contribution in [1.29, 1.82) is 5.41 Å². The Balaban J connectivity index is 1.44. The third-order valence-electron chi connectivity index (χ3n) is 24.7. The van der Waals surface area contributed by atoms with Gasteiger partial charge in [0.1, 0.15) is 103 Å². The number of aliphatic hydroxyl groups excluding tert-OH is 1. The molecule has 4 saturated heterocycles. The molecule has 59 nitrogen and oxygen atoms in total. The van der Waals surface area contributed by atoms with E-state index < -0.39 is 365 Å². The lowest BCUT2D eigenvalue weighted by Gasteiger charge is -2.33. The van der Waals surface area contributed by atoms with Crippen molar-refractivity contribution in [3.05, 3.63) is 0 Å². The van der Waals surface area contributed by atoms with E-state index in [1.54, 1.807) is 41.5 Å². The molecule has 838 valence electrons. The molecule has 0 aromatic heterocycles. The number of carboxylic acids is 2. The fourth-order valence-electron chi connectivity index (χ4n) is 16.9. The van der Waals surface area contributed by atoms with Crippen molar-refractivity contribution < 1.29 is 145 Å². The Morgan fingerprint density at radius 3 is 1.04 bits per heavy atom. The van der Waals surface area contributed by atoms with E-state index in [4.69, 9.17) is 51.3 Å². The number of guanidine groups is 1. The van der Waals surface area contributed by atoms with Gasteiger partial charge in [0.15, 0.2) is 5.96 Å². The first kappa shape index (κ1) is 127. The molecule has 4 fully saturated rings. The summed E-state index contributed by atoms with van der Waals surface area (Å²) in [4.78, 5) is 367. The van der Waals surface area contributed by atoms with Gasteiger partial charge in [-0.1, -0.05) is 41.5 Å². The van der Waals surface area contributed by atoms with Crippen LogP contribution in [0.2, 0.25) is 0 Å². The van der Waals surface area contributed by atoms with Gasteiger partial charge in [-0.25, -0.2) is 4.79 Å². The first-order chi connectivity index (χ1) is 70.3. The molecule has 0 saturated carbocycles. The minimum Gasteiger partial charge on any atom is -0.481 e. The molecule has 0 radical (unpaired) electrons. The normalized spacial score (nSPS) is 18.0. The summed E-state index contributed by atoms with van der Waals surface area (Å²) in [5, 5.41) is 76.4. The van der Waals surface area contributed by atoms with Gasteiger partial charge in [0.25, 0.3) is 0 Å². The standard InChI is InChI=1S/C91H149N29O30/c1-43(2)36-55(82(141)116-59(42-121)88(147)120-35-13-18-63(120)89(148)119-34-12-17-62(119)85(144)114-57(39-72(130)131)87(146)118-33-10-15-60(118)83(142)105-47(8)74(133)115-58(90(149)150)38-45(5)6)106-71(129)41-102-70(128)40-103-73(132)46(7)104-81(140)56(37-44(3)4)113-84(143)61-16-11-32-117(61)86(145)54(24-30-69(98)127)112-76(135)49(14-9-31-101-91(99)100)108-78(137)51(21-27-66(95)124)110-80(139)53(23-29-68(97)126)111-79(138)52(22-28-67(96)125)109-77(136)50(20-26-65(94)123)107-75(134)48(92)19-25-64(93)122/h43-63,121H,9-42,92H2,1-8H3,(H2,93,122)(H2,94,123)(H2,95,124)(H2,96,125)(H2,97,126)(H2,98,127)(H,102,128)(H,103,132)(H,104,140)(H,105,142)(H,106,129)(H,107,134)(H,108,137)(H,109,136)(H,110,139)(H,111,138)(H,112,135)(H,113,143)(H,114,144)(H,115,133)(H,116,141)(H,130,131)(H,149,150)(H4,99,100,101)/t46-,47-,48-,49-,50-,51-,52-,53-,54-,55-,56-,57-,58-,59-,60-,61-,62-,63-/m0/s1. The van der Waals surface area contributed by atoms with Crippen LogP contribution in [0, 0.1) is 23.2 Å². The summed E-state index contributed by atoms with van der Waals surface area (Å²) in [6, 6.07) is -27.7. The van der Waals surface area contributed by atoms with E-state index in [0.717, 1.165) is 14.7 Å². The topological polar surface area (TPSA) is 959 Å². The number of aliphatic carboxylic acids is 2. The average molecular weight is 2130 g/mol. The second-order valence-electron chi connectivity index (χ2n) is 38.6. The highest BCUT2D eigenvalue weighted by atomic mass is 16.4. The van der Waals surface area contributed by atoms with Gasteiger partial charge < -0.3 is 166 Å². The fraction of sp³-hybridized carbons (Fsp3) is 0.692. The van der Waals surface area contributed by atoms with Crippen molar-refractivity contribution in [2.24, 2.45) is 63.6 Å². The third kappa shape index (κ3) is 43.7.